The number of benzene rings is 5. The summed E-state index contributed by atoms with van der Waals surface area (Å²) in [5.74, 6) is -4.65. The Morgan fingerprint density at radius 1 is 0.492 bits per heavy atom. The number of aliphatic hydroxyl groups is 1. The summed E-state index contributed by atoms with van der Waals surface area (Å²) in [6.07, 6.45) is -6.33. The van der Waals surface area contributed by atoms with Gasteiger partial charge in [-0.3, -0.25) is 4.79 Å². The van der Waals surface area contributed by atoms with E-state index in [0.29, 0.717) is 6.42 Å². The molecule has 12 heteroatoms. The first-order valence-electron chi connectivity index (χ1n) is 19.2. The van der Waals surface area contributed by atoms with Crippen LogP contribution in [0.15, 0.2) is 152 Å². The van der Waals surface area contributed by atoms with Crippen LogP contribution in [0.25, 0.3) is 0 Å². The molecule has 0 aliphatic carbocycles. The van der Waals surface area contributed by atoms with Gasteiger partial charge in [0.15, 0.2) is 18.5 Å². The molecule has 0 amide bonds. The molecule has 5 aromatic carbocycles. The van der Waals surface area contributed by atoms with E-state index in [1.54, 1.807) is 91.9 Å². The number of hydrogen-bond acceptors (Lipinski definition) is 12. The highest BCUT2D eigenvalue weighted by atomic mass is 16.7. The molecule has 0 heterocycles. The van der Waals surface area contributed by atoms with Crippen molar-refractivity contribution in [3.8, 4) is 0 Å². The van der Waals surface area contributed by atoms with Gasteiger partial charge in [-0.15, -0.1) is 0 Å². The van der Waals surface area contributed by atoms with Gasteiger partial charge in [0, 0.05) is 18.9 Å². The lowest BCUT2D eigenvalue weighted by Gasteiger charge is -2.37. The van der Waals surface area contributed by atoms with Crippen LogP contribution < -0.4 is 0 Å². The van der Waals surface area contributed by atoms with Gasteiger partial charge < -0.3 is 33.5 Å². The maximum Gasteiger partial charge on any atom is 0.338 e. The highest BCUT2D eigenvalue weighted by Crippen LogP contribution is 2.27. The predicted molar refractivity (Wildman–Crippen MR) is 215 cm³/mol. The summed E-state index contributed by atoms with van der Waals surface area (Å²) in [5.41, 5.74) is 1.48. The maximum absolute atomic E-state index is 13.8. The second-order valence-corrected chi connectivity index (χ2v) is 13.5. The topological polar surface area (TPSA) is 161 Å². The highest BCUT2D eigenvalue weighted by Gasteiger charge is 2.46. The van der Waals surface area contributed by atoms with E-state index in [2.05, 4.69) is 0 Å². The van der Waals surface area contributed by atoms with Crippen LogP contribution in [-0.4, -0.2) is 72.8 Å². The SMILES string of the molecule is CC(COC(=O)c1ccccc1)C(OC(=O)c1ccccc1)C(OC(=O)c1ccccc1)C(OC(=O)c1ccccc1)C(O)OCCCCC(=O)OCc1ccccc1. The summed E-state index contributed by atoms with van der Waals surface area (Å²) in [5, 5.41) is 11.7. The van der Waals surface area contributed by atoms with Crippen molar-refractivity contribution in [2.45, 2.75) is 57.4 Å². The van der Waals surface area contributed by atoms with Crippen molar-refractivity contribution in [1.82, 2.24) is 0 Å². The van der Waals surface area contributed by atoms with E-state index in [1.165, 1.54) is 36.4 Å². The lowest BCUT2D eigenvalue weighted by Crippen LogP contribution is -2.54. The first-order chi connectivity index (χ1) is 28.7. The molecule has 0 spiro atoms. The molecule has 0 bridgehead atoms. The molecule has 0 saturated heterocycles. The van der Waals surface area contributed by atoms with E-state index >= 15 is 0 Å². The molecule has 0 aliphatic rings. The minimum atomic E-state index is -1.96. The Hall–Kier alpha value is -6.63. The van der Waals surface area contributed by atoms with Crippen molar-refractivity contribution >= 4 is 29.8 Å². The Labute approximate surface area is 342 Å². The quantitative estimate of drug-likeness (QED) is 0.0339. The average molecular weight is 803 g/mol. The molecule has 0 saturated carbocycles. The number of rotatable bonds is 21. The fourth-order valence-corrected chi connectivity index (χ4v) is 5.85. The molecule has 12 nitrogen and oxygen atoms in total. The maximum atomic E-state index is 13.8. The summed E-state index contributed by atoms with van der Waals surface area (Å²) < 4.78 is 34.8. The van der Waals surface area contributed by atoms with Gasteiger partial charge in [0.05, 0.1) is 28.9 Å². The van der Waals surface area contributed by atoms with Crippen molar-refractivity contribution in [1.29, 1.82) is 0 Å². The van der Waals surface area contributed by atoms with Crippen molar-refractivity contribution in [2.24, 2.45) is 5.92 Å². The molecule has 0 aliphatic heterocycles. The van der Waals surface area contributed by atoms with E-state index < -0.39 is 60.4 Å². The summed E-state index contributed by atoms with van der Waals surface area (Å²) in [7, 11) is 0. The summed E-state index contributed by atoms with van der Waals surface area (Å²) in [6.45, 7) is 1.25. The van der Waals surface area contributed by atoms with E-state index in [0.717, 1.165) is 5.56 Å². The zero-order valence-corrected chi connectivity index (χ0v) is 32.5. The van der Waals surface area contributed by atoms with Gasteiger partial charge in [-0.2, -0.15) is 0 Å². The minimum absolute atomic E-state index is 0.0761. The van der Waals surface area contributed by atoms with E-state index in [9.17, 15) is 29.1 Å². The van der Waals surface area contributed by atoms with Gasteiger partial charge >= 0.3 is 29.8 Å². The number of carbonyl (C=O) groups is 5. The van der Waals surface area contributed by atoms with Crippen LogP contribution in [0, 0.1) is 5.92 Å². The molecule has 5 atom stereocenters. The zero-order chi connectivity index (χ0) is 41.8. The number of aliphatic hydroxyl groups excluding tert-OH is 1. The van der Waals surface area contributed by atoms with Gasteiger partial charge in [-0.05, 0) is 66.9 Å². The van der Waals surface area contributed by atoms with Gasteiger partial charge in [0.1, 0.15) is 12.7 Å². The van der Waals surface area contributed by atoms with Gasteiger partial charge in [-0.1, -0.05) is 110 Å². The molecule has 0 radical (unpaired) electrons. The normalized spacial score (nSPS) is 13.4. The van der Waals surface area contributed by atoms with Crippen LogP contribution >= 0.6 is 0 Å². The second kappa shape index (κ2) is 22.9. The van der Waals surface area contributed by atoms with Crippen LogP contribution in [0.3, 0.4) is 0 Å². The first-order valence-corrected chi connectivity index (χ1v) is 19.2. The first kappa shape index (κ1) is 43.5. The van der Waals surface area contributed by atoms with Crippen molar-refractivity contribution in [2.75, 3.05) is 13.2 Å². The third-order valence-corrected chi connectivity index (χ3v) is 9.04. The van der Waals surface area contributed by atoms with Crippen LogP contribution in [-0.2, 0) is 39.8 Å². The lowest BCUT2D eigenvalue weighted by molar-refractivity contribution is -0.208. The smallest absolute Gasteiger partial charge is 0.338 e. The van der Waals surface area contributed by atoms with Crippen LogP contribution in [0.4, 0.5) is 0 Å². The van der Waals surface area contributed by atoms with Crippen LogP contribution in [0.2, 0.25) is 0 Å². The summed E-state index contributed by atoms with van der Waals surface area (Å²) >= 11 is 0. The van der Waals surface area contributed by atoms with Crippen molar-refractivity contribution in [3.05, 3.63) is 179 Å². The lowest BCUT2D eigenvalue weighted by atomic mass is 9.95. The van der Waals surface area contributed by atoms with Gasteiger partial charge in [-0.25, -0.2) is 19.2 Å². The van der Waals surface area contributed by atoms with E-state index in [1.807, 2.05) is 30.3 Å². The fourth-order valence-electron chi connectivity index (χ4n) is 5.85. The van der Waals surface area contributed by atoms with E-state index in [4.69, 9.17) is 28.4 Å². The third-order valence-electron chi connectivity index (χ3n) is 9.04. The summed E-state index contributed by atoms with van der Waals surface area (Å²) in [6, 6.07) is 41.4. The Morgan fingerprint density at radius 3 is 1.37 bits per heavy atom. The molecule has 5 unspecified atom stereocenters. The van der Waals surface area contributed by atoms with E-state index in [-0.39, 0.29) is 54.9 Å². The van der Waals surface area contributed by atoms with Crippen LogP contribution in [0.5, 0.6) is 0 Å². The Bertz CT molecular complexity index is 2060. The van der Waals surface area contributed by atoms with Gasteiger partial charge in [0.25, 0.3) is 0 Å². The van der Waals surface area contributed by atoms with Crippen LogP contribution in [0.1, 0.15) is 73.2 Å². The Morgan fingerprint density at radius 2 is 0.898 bits per heavy atom. The molecular formula is C47H46O12. The minimum Gasteiger partial charge on any atom is -0.462 e. The Balaban J connectivity index is 1.42. The molecule has 0 fully saturated rings. The number of hydrogen-bond donors (Lipinski definition) is 1. The fraction of sp³-hybridized carbons (Fsp3) is 0.255. The van der Waals surface area contributed by atoms with Gasteiger partial charge in [0.2, 0.25) is 0 Å². The zero-order valence-electron chi connectivity index (χ0n) is 32.5. The summed E-state index contributed by atoms with van der Waals surface area (Å²) in [4.78, 5) is 66.7. The number of ether oxygens (including phenoxy) is 6. The molecule has 306 valence electrons. The average Bonchev–Trinajstić information content (AvgIpc) is 3.28. The molecule has 5 aromatic rings. The molecule has 59 heavy (non-hydrogen) atoms. The third kappa shape index (κ3) is 13.8. The number of esters is 5. The van der Waals surface area contributed by atoms with Crippen molar-refractivity contribution < 1.29 is 57.5 Å². The highest BCUT2D eigenvalue weighted by molar-refractivity contribution is 5.91. The molecule has 1 N–H and O–H groups in total. The Kier molecular flexibility index (Phi) is 16.9. The number of unbranched alkanes of at least 4 members (excludes halogenated alkanes) is 1. The molecule has 0 aromatic heterocycles. The standard InChI is InChI=1S/C47H46O12/c1-33(31-56-43(49)35-21-9-3-10-22-35)40(57-44(50)36-23-11-4-12-24-36)41(58-45(51)37-25-13-5-14-26-37)42(59-46(52)38-27-15-6-16-28-38)47(53)54-30-18-17-29-39(48)55-32-34-19-7-2-8-20-34/h2-16,19-28,33,40-42,47,53H,17-18,29-32H2,1H3. The molecular weight excluding hydrogens is 757 g/mol. The number of carbonyl (C=O) groups excluding carboxylic acids is 5. The second-order valence-electron chi connectivity index (χ2n) is 13.5. The monoisotopic (exact) mass is 802 g/mol. The van der Waals surface area contributed by atoms with Crippen molar-refractivity contribution in [3.63, 3.8) is 0 Å². The predicted octanol–water partition coefficient (Wildman–Crippen LogP) is 7.41. The largest absolute Gasteiger partial charge is 0.462 e. The molecule has 5 rings (SSSR count).